The number of hydrogen-bond acceptors (Lipinski definition) is 4. The van der Waals surface area contributed by atoms with E-state index >= 15 is 0 Å². The minimum atomic E-state index is -0.229. The second-order valence-electron chi connectivity index (χ2n) is 7.08. The van der Waals surface area contributed by atoms with Crippen molar-refractivity contribution in [1.82, 2.24) is 14.8 Å². The Kier molecular flexibility index (Phi) is 4.87. The van der Waals surface area contributed by atoms with Crippen LogP contribution in [0.15, 0.2) is 28.7 Å². The third kappa shape index (κ3) is 2.89. The second-order valence-corrected chi connectivity index (χ2v) is 7.94. The molecule has 0 saturated heterocycles. The minimum Gasteiger partial charge on any atom is -0.496 e. The molecular weight excluding hydrogens is 425 g/mol. The Bertz CT molecular complexity index is 1060. The van der Waals surface area contributed by atoms with Gasteiger partial charge in [-0.15, -0.1) is 10.2 Å². The summed E-state index contributed by atoms with van der Waals surface area (Å²) in [6.07, 6.45) is 1.22. The van der Waals surface area contributed by atoms with Gasteiger partial charge < -0.3 is 9.47 Å². The smallest absolute Gasteiger partial charge is 0.172 e. The van der Waals surface area contributed by atoms with E-state index in [2.05, 4.69) is 40.0 Å². The number of hydrogen-bond donors (Lipinski definition) is 0. The Morgan fingerprint density at radius 3 is 2.50 bits per heavy atom. The fraction of sp³-hybridized carbons (Fsp3) is 0.333. The van der Waals surface area contributed by atoms with E-state index in [1.807, 2.05) is 22.8 Å². The van der Waals surface area contributed by atoms with Gasteiger partial charge in [0.05, 0.1) is 29.9 Å². The lowest BCUT2D eigenvalue weighted by Gasteiger charge is -2.22. The van der Waals surface area contributed by atoms with E-state index < -0.39 is 0 Å². The Balaban J connectivity index is 1.97. The molecule has 0 fully saturated rings. The van der Waals surface area contributed by atoms with Gasteiger partial charge in [-0.1, -0.05) is 13.8 Å². The van der Waals surface area contributed by atoms with Crippen LogP contribution >= 0.6 is 15.9 Å². The molecule has 5 nitrogen and oxygen atoms in total. The fourth-order valence-corrected chi connectivity index (χ4v) is 4.09. The van der Waals surface area contributed by atoms with Crippen LogP contribution in [0.4, 0.5) is 4.39 Å². The third-order valence-corrected chi connectivity index (χ3v) is 5.77. The molecule has 1 aliphatic rings. The standard InChI is InChI=1S/C21H21BrFN3O2/c1-11(2)13-9-14(18(28-4)10-17(13)27-3)21-25-24-19-8-5-12-16(26(19)21)7-6-15(22)20(12)23/h6-7,9-11H,5,8H2,1-4H3. The van der Waals surface area contributed by atoms with Crippen LogP contribution in [0.3, 0.4) is 0 Å². The predicted molar refractivity (Wildman–Crippen MR) is 109 cm³/mol. The summed E-state index contributed by atoms with van der Waals surface area (Å²) >= 11 is 3.28. The lowest BCUT2D eigenvalue weighted by molar-refractivity contribution is 0.390. The van der Waals surface area contributed by atoms with Crippen molar-refractivity contribution < 1.29 is 13.9 Å². The largest absolute Gasteiger partial charge is 0.496 e. The highest BCUT2D eigenvalue weighted by molar-refractivity contribution is 9.10. The van der Waals surface area contributed by atoms with Gasteiger partial charge in [0.2, 0.25) is 0 Å². The minimum absolute atomic E-state index is 0.229. The lowest BCUT2D eigenvalue weighted by Crippen LogP contribution is -2.15. The zero-order valence-corrected chi connectivity index (χ0v) is 17.8. The number of aryl methyl sites for hydroxylation is 1. The molecule has 0 unspecified atom stereocenters. The van der Waals surface area contributed by atoms with E-state index in [0.717, 1.165) is 28.4 Å². The summed E-state index contributed by atoms with van der Waals surface area (Å²) in [5, 5.41) is 8.81. The number of aromatic nitrogens is 3. The summed E-state index contributed by atoms with van der Waals surface area (Å²) in [5.74, 6) is 2.88. The Labute approximate surface area is 171 Å². The van der Waals surface area contributed by atoms with E-state index in [4.69, 9.17) is 9.47 Å². The molecule has 3 aromatic rings. The third-order valence-electron chi connectivity index (χ3n) is 5.16. The molecule has 1 aromatic heterocycles. The molecule has 0 saturated carbocycles. The van der Waals surface area contributed by atoms with Gasteiger partial charge in [0.15, 0.2) is 5.82 Å². The second kappa shape index (κ2) is 7.20. The predicted octanol–water partition coefficient (Wildman–Crippen LogP) is 5.08. The topological polar surface area (TPSA) is 49.2 Å². The van der Waals surface area contributed by atoms with Crippen molar-refractivity contribution in [2.75, 3.05) is 14.2 Å². The van der Waals surface area contributed by atoms with Gasteiger partial charge in [0.1, 0.15) is 23.1 Å². The number of ether oxygens (including phenoxy) is 2. The molecule has 146 valence electrons. The first-order valence-electron chi connectivity index (χ1n) is 9.14. The van der Waals surface area contributed by atoms with Crippen LogP contribution in [-0.4, -0.2) is 29.0 Å². The summed E-state index contributed by atoms with van der Waals surface area (Å²) in [5.41, 5.74) is 3.29. The summed E-state index contributed by atoms with van der Waals surface area (Å²) in [4.78, 5) is 0. The van der Waals surface area contributed by atoms with Crippen molar-refractivity contribution in [2.45, 2.75) is 32.6 Å². The average molecular weight is 446 g/mol. The highest BCUT2D eigenvalue weighted by Crippen LogP contribution is 2.41. The van der Waals surface area contributed by atoms with Crippen LogP contribution in [0.1, 0.15) is 36.7 Å². The average Bonchev–Trinajstić information content (AvgIpc) is 3.13. The van der Waals surface area contributed by atoms with Crippen LogP contribution < -0.4 is 9.47 Å². The van der Waals surface area contributed by atoms with E-state index in [-0.39, 0.29) is 11.7 Å². The molecular formula is C21H21BrFN3O2. The molecule has 28 heavy (non-hydrogen) atoms. The van der Waals surface area contributed by atoms with Crippen LogP contribution in [0, 0.1) is 5.82 Å². The lowest BCUT2D eigenvalue weighted by atomic mass is 9.97. The van der Waals surface area contributed by atoms with Crippen molar-refractivity contribution in [3.05, 3.63) is 51.5 Å². The molecule has 0 amide bonds. The molecule has 0 aliphatic carbocycles. The maximum absolute atomic E-state index is 14.7. The molecule has 0 bridgehead atoms. The maximum Gasteiger partial charge on any atom is 0.172 e. The van der Waals surface area contributed by atoms with Gasteiger partial charge in [0.25, 0.3) is 0 Å². The molecule has 0 spiro atoms. The molecule has 1 aliphatic heterocycles. The van der Waals surface area contributed by atoms with Crippen LogP contribution in [-0.2, 0) is 12.8 Å². The van der Waals surface area contributed by atoms with E-state index in [9.17, 15) is 4.39 Å². The molecule has 0 N–H and O–H groups in total. The van der Waals surface area contributed by atoms with Gasteiger partial charge >= 0.3 is 0 Å². The Hall–Kier alpha value is -2.41. The van der Waals surface area contributed by atoms with Gasteiger partial charge in [-0.05, 0) is 52.0 Å². The van der Waals surface area contributed by atoms with Crippen LogP contribution in [0.5, 0.6) is 11.5 Å². The Morgan fingerprint density at radius 2 is 1.82 bits per heavy atom. The first-order chi connectivity index (χ1) is 13.5. The highest BCUT2D eigenvalue weighted by Gasteiger charge is 2.27. The molecule has 2 heterocycles. The van der Waals surface area contributed by atoms with Gasteiger partial charge in [-0.25, -0.2) is 4.39 Å². The zero-order chi connectivity index (χ0) is 20.0. The highest BCUT2D eigenvalue weighted by atomic mass is 79.9. The Morgan fingerprint density at radius 1 is 1.07 bits per heavy atom. The van der Waals surface area contributed by atoms with Crippen molar-refractivity contribution >= 4 is 15.9 Å². The van der Waals surface area contributed by atoms with Gasteiger partial charge in [-0.3, -0.25) is 4.57 Å². The summed E-state index contributed by atoms with van der Waals surface area (Å²) < 4.78 is 28.3. The number of nitrogens with zero attached hydrogens (tertiary/aromatic N) is 3. The van der Waals surface area contributed by atoms with E-state index in [1.165, 1.54) is 0 Å². The van der Waals surface area contributed by atoms with Crippen molar-refractivity contribution in [3.8, 4) is 28.6 Å². The van der Waals surface area contributed by atoms with Gasteiger partial charge in [0, 0.05) is 18.1 Å². The van der Waals surface area contributed by atoms with E-state index in [0.29, 0.717) is 34.5 Å². The fourth-order valence-electron chi connectivity index (χ4n) is 3.72. The quantitative estimate of drug-likeness (QED) is 0.561. The summed E-state index contributed by atoms with van der Waals surface area (Å²) in [6, 6.07) is 7.52. The first kappa shape index (κ1) is 18.9. The van der Waals surface area contributed by atoms with E-state index in [1.54, 1.807) is 20.3 Å². The number of halogens is 2. The number of benzene rings is 2. The number of rotatable bonds is 4. The number of methoxy groups -OCH3 is 2. The molecule has 7 heteroatoms. The van der Waals surface area contributed by atoms with Crippen molar-refractivity contribution in [3.63, 3.8) is 0 Å². The first-order valence-corrected chi connectivity index (χ1v) is 9.93. The summed E-state index contributed by atoms with van der Waals surface area (Å²) in [7, 11) is 3.27. The normalized spacial score (nSPS) is 12.7. The SMILES string of the molecule is COc1cc(OC)c(C(C)C)cc1-c1nnc2n1-c1ccc(Br)c(F)c1CC2. The maximum atomic E-state index is 14.7. The summed E-state index contributed by atoms with van der Waals surface area (Å²) in [6.45, 7) is 4.21. The van der Waals surface area contributed by atoms with Crippen LogP contribution in [0.25, 0.3) is 17.1 Å². The van der Waals surface area contributed by atoms with Gasteiger partial charge in [-0.2, -0.15) is 0 Å². The van der Waals surface area contributed by atoms with Crippen molar-refractivity contribution in [1.29, 1.82) is 0 Å². The molecule has 4 rings (SSSR count). The molecule has 0 atom stereocenters. The molecule has 0 radical (unpaired) electrons. The van der Waals surface area contributed by atoms with Crippen molar-refractivity contribution in [2.24, 2.45) is 0 Å². The monoisotopic (exact) mass is 445 g/mol. The number of fused-ring (bicyclic) bond motifs is 3. The molecule has 2 aromatic carbocycles. The van der Waals surface area contributed by atoms with Crippen LogP contribution in [0.2, 0.25) is 0 Å². The zero-order valence-electron chi connectivity index (χ0n) is 16.2.